The highest BCUT2D eigenvalue weighted by molar-refractivity contribution is 5.62. The van der Waals surface area contributed by atoms with E-state index in [2.05, 4.69) is 19.5 Å². The molecule has 4 rings (SSSR count). The zero-order valence-electron chi connectivity index (χ0n) is 15.5. The lowest BCUT2D eigenvalue weighted by atomic mass is 10.1. The summed E-state index contributed by atoms with van der Waals surface area (Å²) in [6, 6.07) is 17.3. The summed E-state index contributed by atoms with van der Waals surface area (Å²) < 4.78 is 40.9. The number of benzene rings is 1. The third kappa shape index (κ3) is 4.77. The number of hydrogen-bond acceptors (Lipinski definition) is 5. The zero-order valence-corrected chi connectivity index (χ0v) is 15.5. The van der Waals surface area contributed by atoms with Gasteiger partial charge in [-0.2, -0.15) is 0 Å². The standard InChI is InChI=1S/C21H19F3N4O/c22-21(23,24)29-17-9-7-16(8-10-17)18-4-3-6-20(26-18)28-14-12-27(13-15-28)19-5-1-2-11-25-19/h1-11H,12-15H2. The minimum Gasteiger partial charge on any atom is -0.406 e. The summed E-state index contributed by atoms with van der Waals surface area (Å²) in [7, 11) is 0. The first-order valence-corrected chi connectivity index (χ1v) is 9.22. The average molecular weight is 400 g/mol. The molecule has 0 atom stereocenters. The van der Waals surface area contributed by atoms with Gasteiger partial charge >= 0.3 is 6.36 Å². The third-order valence-corrected chi connectivity index (χ3v) is 4.69. The smallest absolute Gasteiger partial charge is 0.406 e. The molecule has 0 radical (unpaired) electrons. The number of halogens is 3. The van der Waals surface area contributed by atoms with E-state index in [1.807, 2.05) is 36.4 Å². The van der Waals surface area contributed by atoms with Crippen LogP contribution in [0.1, 0.15) is 0 Å². The van der Waals surface area contributed by atoms with Crippen molar-refractivity contribution in [2.45, 2.75) is 6.36 Å². The lowest BCUT2D eigenvalue weighted by Crippen LogP contribution is -2.47. The molecule has 0 amide bonds. The Balaban J connectivity index is 1.44. The number of pyridine rings is 2. The Labute approximate surface area is 166 Å². The van der Waals surface area contributed by atoms with Crippen molar-refractivity contribution in [1.82, 2.24) is 9.97 Å². The number of nitrogens with zero attached hydrogens (tertiary/aromatic N) is 4. The van der Waals surface area contributed by atoms with Gasteiger partial charge in [-0.1, -0.05) is 12.1 Å². The Bertz CT molecular complexity index is 940. The van der Waals surface area contributed by atoms with Gasteiger partial charge in [-0.05, 0) is 48.5 Å². The zero-order chi connectivity index (χ0) is 20.3. The van der Waals surface area contributed by atoms with Crippen molar-refractivity contribution in [2.24, 2.45) is 0 Å². The number of ether oxygens (including phenoxy) is 1. The highest BCUT2D eigenvalue weighted by atomic mass is 19.4. The molecule has 3 heterocycles. The van der Waals surface area contributed by atoms with Crippen molar-refractivity contribution in [3.63, 3.8) is 0 Å². The Hall–Kier alpha value is -3.29. The van der Waals surface area contributed by atoms with Crippen molar-refractivity contribution in [2.75, 3.05) is 36.0 Å². The van der Waals surface area contributed by atoms with Crippen LogP contribution in [0, 0.1) is 0 Å². The predicted octanol–water partition coefficient (Wildman–Crippen LogP) is 4.37. The number of rotatable bonds is 4. The highest BCUT2D eigenvalue weighted by Crippen LogP contribution is 2.27. The molecule has 0 aliphatic carbocycles. The maximum absolute atomic E-state index is 12.3. The molecular formula is C21H19F3N4O. The lowest BCUT2D eigenvalue weighted by Gasteiger charge is -2.36. The van der Waals surface area contributed by atoms with Gasteiger partial charge in [0.25, 0.3) is 0 Å². The van der Waals surface area contributed by atoms with E-state index in [1.165, 1.54) is 12.1 Å². The van der Waals surface area contributed by atoms with Crippen LogP contribution in [-0.2, 0) is 0 Å². The monoisotopic (exact) mass is 400 g/mol. The summed E-state index contributed by atoms with van der Waals surface area (Å²) in [6.07, 6.45) is -2.91. The maximum Gasteiger partial charge on any atom is 0.573 e. The number of hydrogen-bond donors (Lipinski definition) is 0. The normalized spacial score (nSPS) is 14.7. The fraction of sp³-hybridized carbons (Fsp3) is 0.238. The Morgan fingerprint density at radius 2 is 1.41 bits per heavy atom. The van der Waals surface area contributed by atoms with Crippen molar-refractivity contribution in [3.8, 4) is 17.0 Å². The molecule has 1 saturated heterocycles. The van der Waals surface area contributed by atoms with Crippen LogP contribution in [0.5, 0.6) is 5.75 Å². The van der Waals surface area contributed by atoms with Gasteiger partial charge in [0.2, 0.25) is 0 Å². The van der Waals surface area contributed by atoms with E-state index in [4.69, 9.17) is 4.98 Å². The third-order valence-electron chi connectivity index (χ3n) is 4.69. The molecule has 1 fully saturated rings. The molecule has 1 aliphatic heterocycles. The van der Waals surface area contributed by atoms with Gasteiger partial charge < -0.3 is 14.5 Å². The number of piperazine rings is 1. The molecule has 0 unspecified atom stereocenters. The first-order chi connectivity index (χ1) is 14.0. The van der Waals surface area contributed by atoms with E-state index < -0.39 is 6.36 Å². The fourth-order valence-electron chi connectivity index (χ4n) is 3.29. The molecule has 0 bridgehead atoms. The second-order valence-electron chi connectivity index (χ2n) is 6.62. The molecule has 0 N–H and O–H groups in total. The van der Waals surface area contributed by atoms with Crippen molar-refractivity contribution in [3.05, 3.63) is 66.9 Å². The van der Waals surface area contributed by atoms with Gasteiger partial charge in [0.15, 0.2) is 0 Å². The summed E-state index contributed by atoms with van der Waals surface area (Å²) in [4.78, 5) is 13.5. The summed E-state index contributed by atoms with van der Waals surface area (Å²) in [5.41, 5.74) is 1.43. The molecule has 5 nitrogen and oxygen atoms in total. The average Bonchev–Trinajstić information content (AvgIpc) is 2.74. The van der Waals surface area contributed by atoms with Gasteiger partial charge in [0.05, 0.1) is 5.69 Å². The van der Waals surface area contributed by atoms with Crippen LogP contribution in [0.4, 0.5) is 24.8 Å². The van der Waals surface area contributed by atoms with Gasteiger partial charge in [-0.3, -0.25) is 0 Å². The highest BCUT2D eigenvalue weighted by Gasteiger charge is 2.31. The topological polar surface area (TPSA) is 41.5 Å². The molecule has 1 aromatic carbocycles. The fourth-order valence-corrected chi connectivity index (χ4v) is 3.29. The van der Waals surface area contributed by atoms with Crippen LogP contribution in [0.3, 0.4) is 0 Å². The van der Waals surface area contributed by atoms with Crippen LogP contribution < -0.4 is 14.5 Å². The number of aromatic nitrogens is 2. The van der Waals surface area contributed by atoms with Gasteiger partial charge in [-0.15, -0.1) is 13.2 Å². The minimum absolute atomic E-state index is 0.247. The SMILES string of the molecule is FC(F)(F)Oc1ccc(-c2cccc(N3CCN(c4ccccn4)CC3)n2)cc1. The van der Waals surface area contributed by atoms with Crippen molar-refractivity contribution in [1.29, 1.82) is 0 Å². The first-order valence-electron chi connectivity index (χ1n) is 9.22. The van der Waals surface area contributed by atoms with E-state index in [1.54, 1.807) is 18.3 Å². The molecule has 29 heavy (non-hydrogen) atoms. The van der Waals surface area contributed by atoms with Crippen molar-refractivity contribution >= 4 is 11.6 Å². The Morgan fingerprint density at radius 1 is 0.759 bits per heavy atom. The largest absolute Gasteiger partial charge is 0.573 e. The maximum atomic E-state index is 12.3. The van der Waals surface area contributed by atoms with Crippen LogP contribution in [0.25, 0.3) is 11.3 Å². The van der Waals surface area contributed by atoms with E-state index >= 15 is 0 Å². The summed E-state index contributed by atoms with van der Waals surface area (Å²) in [5, 5.41) is 0. The minimum atomic E-state index is -4.70. The molecule has 8 heteroatoms. The van der Waals surface area contributed by atoms with Crippen molar-refractivity contribution < 1.29 is 17.9 Å². The summed E-state index contributed by atoms with van der Waals surface area (Å²) >= 11 is 0. The van der Waals surface area contributed by atoms with Crippen LogP contribution in [-0.4, -0.2) is 42.5 Å². The van der Waals surface area contributed by atoms with Crippen LogP contribution in [0.15, 0.2) is 66.9 Å². The van der Waals surface area contributed by atoms with Crippen LogP contribution >= 0.6 is 0 Å². The van der Waals surface area contributed by atoms with Gasteiger partial charge in [-0.25, -0.2) is 9.97 Å². The Morgan fingerprint density at radius 3 is 2.03 bits per heavy atom. The molecule has 2 aromatic heterocycles. The lowest BCUT2D eigenvalue weighted by molar-refractivity contribution is -0.274. The summed E-state index contributed by atoms with van der Waals surface area (Å²) in [5.74, 6) is 1.57. The van der Waals surface area contributed by atoms with Gasteiger partial charge in [0.1, 0.15) is 17.4 Å². The Kier molecular flexibility index (Phi) is 5.24. The predicted molar refractivity (Wildman–Crippen MR) is 105 cm³/mol. The molecule has 0 saturated carbocycles. The quantitative estimate of drug-likeness (QED) is 0.651. The second-order valence-corrected chi connectivity index (χ2v) is 6.62. The first kappa shape index (κ1) is 19.0. The molecule has 150 valence electrons. The number of alkyl halides is 3. The molecule has 3 aromatic rings. The van der Waals surface area contributed by atoms with E-state index in [9.17, 15) is 13.2 Å². The second kappa shape index (κ2) is 7.98. The molecular weight excluding hydrogens is 381 g/mol. The van der Waals surface area contributed by atoms with E-state index in [0.29, 0.717) is 5.69 Å². The number of anilines is 2. The van der Waals surface area contributed by atoms with Gasteiger partial charge in [0, 0.05) is 37.9 Å². The van der Waals surface area contributed by atoms with E-state index in [-0.39, 0.29) is 5.75 Å². The van der Waals surface area contributed by atoms with E-state index in [0.717, 1.165) is 43.4 Å². The molecule has 0 spiro atoms. The summed E-state index contributed by atoms with van der Waals surface area (Å²) in [6.45, 7) is 3.30. The molecule has 1 aliphatic rings. The van der Waals surface area contributed by atoms with Crippen LogP contribution in [0.2, 0.25) is 0 Å².